The Morgan fingerprint density at radius 3 is 2.80 bits per heavy atom. The van der Waals surface area contributed by atoms with Crippen LogP contribution in [0.15, 0.2) is 30.9 Å². The molecule has 20 heavy (non-hydrogen) atoms. The number of hydrogen-bond donors (Lipinski definition) is 0. The molecule has 1 heterocycles. The zero-order valence-electron chi connectivity index (χ0n) is 12.1. The molecule has 4 heteroatoms. The molecule has 0 amide bonds. The van der Waals surface area contributed by atoms with Crippen molar-refractivity contribution in [2.24, 2.45) is 0 Å². The Kier molecular flexibility index (Phi) is 4.13. The van der Waals surface area contributed by atoms with Crippen LogP contribution >= 0.6 is 0 Å². The van der Waals surface area contributed by atoms with Crippen molar-refractivity contribution in [1.82, 2.24) is 4.57 Å². The van der Waals surface area contributed by atoms with Crippen molar-refractivity contribution in [2.45, 2.75) is 20.4 Å². The highest BCUT2D eigenvalue weighted by molar-refractivity contribution is 6.06. The van der Waals surface area contributed by atoms with E-state index >= 15 is 0 Å². The van der Waals surface area contributed by atoms with Crippen LogP contribution in [0.4, 0.5) is 0 Å². The van der Waals surface area contributed by atoms with Gasteiger partial charge >= 0.3 is 5.97 Å². The Bertz CT molecular complexity index is 655. The first-order valence-electron chi connectivity index (χ1n) is 6.58. The third-order valence-electron chi connectivity index (χ3n) is 3.32. The predicted molar refractivity (Wildman–Crippen MR) is 79.4 cm³/mol. The lowest BCUT2D eigenvalue weighted by atomic mass is 10.1. The topological polar surface area (TPSA) is 40.5 Å². The van der Waals surface area contributed by atoms with Gasteiger partial charge in [0, 0.05) is 23.1 Å². The summed E-state index contributed by atoms with van der Waals surface area (Å²) in [5.41, 5.74) is 2.46. The van der Waals surface area contributed by atoms with Crippen LogP contribution in [0.25, 0.3) is 10.9 Å². The molecule has 0 spiro atoms. The number of benzene rings is 1. The number of ether oxygens (including phenoxy) is 2. The maximum atomic E-state index is 12.2. The number of carbonyl (C=O) groups is 1. The molecule has 0 N–H and O–H groups in total. The first kappa shape index (κ1) is 14.2. The highest BCUT2D eigenvalue weighted by Gasteiger charge is 2.20. The van der Waals surface area contributed by atoms with E-state index in [0.29, 0.717) is 18.7 Å². The van der Waals surface area contributed by atoms with E-state index in [4.69, 9.17) is 9.47 Å². The van der Waals surface area contributed by atoms with E-state index in [1.165, 1.54) is 0 Å². The normalized spacial score (nSPS) is 10.6. The van der Waals surface area contributed by atoms with Crippen LogP contribution in [0.5, 0.6) is 5.75 Å². The zero-order valence-corrected chi connectivity index (χ0v) is 12.1. The molecular formula is C16H19NO3. The summed E-state index contributed by atoms with van der Waals surface area (Å²) in [6, 6.07) is 5.71. The SMILES string of the molecule is C=CCn1c(C)c(C(=O)OCC)c2cc(OC)ccc21. The molecule has 0 radical (unpaired) electrons. The third kappa shape index (κ3) is 2.29. The molecule has 0 aliphatic rings. The van der Waals surface area contributed by atoms with Crippen molar-refractivity contribution in [2.75, 3.05) is 13.7 Å². The average Bonchev–Trinajstić information content (AvgIpc) is 2.71. The van der Waals surface area contributed by atoms with Gasteiger partial charge in [0.1, 0.15) is 5.75 Å². The van der Waals surface area contributed by atoms with Crippen LogP contribution in [-0.2, 0) is 11.3 Å². The number of nitrogens with zero attached hydrogens (tertiary/aromatic N) is 1. The first-order valence-corrected chi connectivity index (χ1v) is 6.58. The summed E-state index contributed by atoms with van der Waals surface area (Å²) in [7, 11) is 1.61. The molecule has 0 unspecified atom stereocenters. The van der Waals surface area contributed by atoms with Gasteiger partial charge in [0.25, 0.3) is 0 Å². The van der Waals surface area contributed by atoms with Crippen molar-refractivity contribution < 1.29 is 14.3 Å². The van der Waals surface area contributed by atoms with E-state index in [9.17, 15) is 4.79 Å². The Hall–Kier alpha value is -2.23. The van der Waals surface area contributed by atoms with Gasteiger partial charge in [-0.3, -0.25) is 0 Å². The maximum Gasteiger partial charge on any atom is 0.340 e. The molecule has 1 aromatic carbocycles. The molecule has 4 nitrogen and oxygen atoms in total. The predicted octanol–water partition coefficient (Wildman–Crippen LogP) is 3.32. The Morgan fingerprint density at radius 2 is 2.20 bits per heavy atom. The van der Waals surface area contributed by atoms with Gasteiger partial charge in [-0.25, -0.2) is 4.79 Å². The zero-order chi connectivity index (χ0) is 14.7. The molecule has 1 aromatic heterocycles. The highest BCUT2D eigenvalue weighted by atomic mass is 16.5. The Labute approximate surface area is 118 Å². The minimum absolute atomic E-state index is 0.300. The van der Waals surface area contributed by atoms with Gasteiger partial charge in [-0.2, -0.15) is 0 Å². The molecular weight excluding hydrogens is 254 g/mol. The molecule has 0 atom stereocenters. The van der Waals surface area contributed by atoms with E-state index in [1.54, 1.807) is 14.0 Å². The Morgan fingerprint density at radius 1 is 1.45 bits per heavy atom. The van der Waals surface area contributed by atoms with Crippen LogP contribution in [0.1, 0.15) is 23.0 Å². The molecule has 106 valence electrons. The lowest BCUT2D eigenvalue weighted by molar-refractivity contribution is 0.0527. The molecule has 0 saturated heterocycles. The summed E-state index contributed by atoms with van der Waals surface area (Å²) < 4.78 is 12.5. The molecule has 0 saturated carbocycles. The second-order valence-corrected chi connectivity index (χ2v) is 4.46. The summed E-state index contributed by atoms with van der Waals surface area (Å²) in [6.07, 6.45) is 1.81. The van der Waals surface area contributed by atoms with E-state index in [2.05, 4.69) is 6.58 Å². The van der Waals surface area contributed by atoms with Gasteiger partial charge in [0.2, 0.25) is 0 Å². The van der Waals surface area contributed by atoms with Crippen molar-refractivity contribution >= 4 is 16.9 Å². The van der Waals surface area contributed by atoms with Gasteiger partial charge in [0.05, 0.1) is 19.3 Å². The number of rotatable bonds is 5. The van der Waals surface area contributed by atoms with E-state index in [1.807, 2.05) is 35.8 Å². The van der Waals surface area contributed by atoms with Gasteiger partial charge < -0.3 is 14.0 Å². The fraction of sp³-hybridized carbons (Fsp3) is 0.312. The number of fused-ring (bicyclic) bond motifs is 1. The van der Waals surface area contributed by atoms with E-state index < -0.39 is 0 Å². The molecule has 0 aliphatic heterocycles. The number of carbonyl (C=O) groups excluding carboxylic acids is 1. The minimum Gasteiger partial charge on any atom is -0.497 e. The van der Waals surface area contributed by atoms with Gasteiger partial charge in [0.15, 0.2) is 0 Å². The van der Waals surface area contributed by atoms with Crippen LogP contribution in [0.3, 0.4) is 0 Å². The molecule has 2 rings (SSSR count). The van der Waals surface area contributed by atoms with Crippen molar-refractivity contribution in [3.05, 3.63) is 42.1 Å². The number of esters is 1. The minimum atomic E-state index is -0.300. The second kappa shape index (κ2) is 5.82. The van der Waals surface area contributed by atoms with Gasteiger partial charge in [-0.05, 0) is 32.0 Å². The van der Waals surface area contributed by atoms with Crippen molar-refractivity contribution in [1.29, 1.82) is 0 Å². The van der Waals surface area contributed by atoms with Crippen LogP contribution in [-0.4, -0.2) is 24.3 Å². The average molecular weight is 273 g/mol. The van der Waals surface area contributed by atoms with Crippen molar-refractivity contribution in [3.8, 4) is 5.75 Å². The fourth-order valence-corrected chi connectivity index (χ4v) is 2.41. The van der Waals surface area contributed by atoms with Gasteiger partial charge in [-0.15, -0.1) is 6.58 Å². The van der Waals surface area contributed by atoms with Crippen LogP contribution in [0.2, 0.25) is 0 Å². The van der Waals surface area contributed by atoms with Crippen LogP contribution in [0, 0.1) is 6.92 Å². The fourth-order valence-electron chi connectivity index (χ4n) is 2.41. The summed E-state index contributed by atoms with van der Waals surface area (Å²) in [5.74, 6) is 0.421. The summed E-state index contributed by atoms with van der Waals surface area (Å²) in [6.45, 7) is 8.49. The number of methoxy groups -OCH3 is 1. The quantitative estimate of drug-likeness (QED) is 0.620. The number of aromatic nitrogens is 1. The molecule has 0 aliphatic carbocycles. The maximum absolute atomic E-state index is 12.2. The lowest BCUT2D eigenvalue weighted by Gasteiger charge is -2.05. The second-order valence-electron chi connectivity index (χ2n) is 4.46. The summed E-state index contributed by atoms with van der Waals surface area (Å²) in [4.78, 5) is 12.2. The monoisotopic (exact) mass is 273 g/mol. The van der Waals surface area contributed by atoms with E-state index in [-0.39, 0.29) is 5.97 Å². The van der Waals surface area contributed by atoms with E-state index in [0.717, 1.165) is 22.3 Å². The smallest absolute Gasteiger partial charge is 0.340 e. The van der Waals surface area contributed by atoms with Crippen LogP contribution < -0.4 is 4.74 Å². The standard InChI is InChI=1S/C16H19NO3/c1-5-9-17-11(3)15(16(18)20-6-2)13-10-12(19-4)7-8-14(13)17/h5,7-8,10H,1,6,9H2,2-4H3. The molecule has 0 fully saturated rings. The summed E-state index contributed by atoms with van der Waals surface area (Å²) in [5, 5.41) is 0.849. The first-order chi connectivity index (χ1) is 9.63. The van der Waals surface area contributed by atoms with Gasteiger partial charge in [-0.1, -0.05) is 6.08 Å². The summed E-state index contributed by atoms with van der Waals surface area (Å²) >= 11 is 0. The molecule has 2 aromatic rings. The number of allylic oxidation sites excluding steroid dienone is 1. The highest BCUT2D eigenvalue weighted by Crippen LogP contribution is 2.30. The largest absolute Gasteiger partial charge is 0.497 e. The molecule has 0 bridgehead atoms. The Balaban J connectivity index is 2.72. The van der Waals surface area contributed by atoms with Crippen molar-refractivity contribution in [3.63, 3.8) is 0 Å². The number of hydrogen-bond acceptors (Lipinski definition) is 3. The lowest BCUT2D eigenvalue weighted by Crippen LogP contribution is -2.07. The third-order valence-corrected chi connectivity index (χ3v) is 3.32.